The summed E-state index contributed by atoms with van der Waals surface area (Å²) in [7, 11) is 0. The summed E-state index contributed by atoms with van der Waals surface area (Å²) < 4.78 is 4.77. The van der Waals surface area contributed by atoms with Gasteiger partial charge in [-0.1, -0.05) is 11.8 Å². The fourth-order valence-corrected chi connectivity index (χ4v) is 2.15. The van der Waals surface area contributed by atoms with Crippen molar-refractivity contribution in [2.24, 2.45) is 0 Å². The number of carbonyl (C=O) groups is 2. The third-order valence-corrected chi connectivity index (χ3v) is 3.49. The molecule has 0 aliphatic rings. The zero-order valence-electron chi connectivity index (χ0n) is 10.2. The molecule has 1 rings (SSSR count). The van der Waals surface area contributed by atoms with E-state index in [0.29, 0.717) is 11.8 Å². The Morgan fingerprint density at radius 3 is 2.70 bits per heavy atom. The number of ether oxygens (including phenoxy) is 1. The maximum atomic E-state index is 11.7. The Labute approximate surface area is 123 Å². The highest BCUT2D eigenvalue weighted by Gasteiger charge is 2.22. The number of aliphatic hydroxyl groups excluding tert-OH is 1. The lowest BCUT2D eigenvalue weighted by Gasteiger charge is -2.10. The van der Waals surface area contributed by atoms with E-state index >= 15 is 0 Å². The number of hydrogen-bond donors (Lipinski definition) is 1. The van der Waals surface area contributed by atoms with Crippen molar-refractivity contribution in [2.75, 3.05) is 6.61 Å². The number of non-ortho nitro benzene ring substituents is 1. The van der Waals surface area contributed by atoms with Crippen LogP contribution in [0.15, 0.2) is 23.1 Å². The molecule has 0 heterocycles. The first kappa shape index (κ1) is 16.4. The normalized spacial score (nSPS) is 11.8. The number of rotatable bonds is 6. The van der Waals surface area contributed by atoms with E-state index in [2.05, 4.69) is 0 Å². The molecule has 20 heavy (non-hydrogen) atoms. The van der Waals surface area contributed by atoms with Crippen LogP contribution in [0, 0.1) is 10.1 Å². The van der Waals surface area contributed by atoms with E-state index in [0.717, 1.165) is 12.1 Å². The van der Waals surface area contributed by atoms with Gasteiger partial charge in [0, 0.05) is 17.0 Å². The smallest absolute Gasteiger partial charge is 0.339 e. The molecule has 0 aliphatic carbocycles. The van der Waals surface area contributed by atoms with Crippen LogP contribution in [-0.4, -0.2) is 33.3 Å². The Hall–Kier alpha value is -1.64. The molecule has 0 radical (unpaired) electrons. The number of benzene rings is 1. The van der Waals surface area contributed by atoms with Crippen molar-refractivity contribution >= 4 is 40.3 Å². The lowest BCUT2D eigenvalue weighted by molar-refractivity contribution is -0.384. The fourth-order valence-electron chi connectivity index (χ4n) is 1.27. The highest BCUT2D eigenvalue weighted by molar-refractivity contribution is 8.00. The van der Waals surface area contributed by atoms with Gasteiger partial charge in [-0.25, -0.2) is 4.79 Å². The number of nitro benzene ring substituents is 1. The molecule has 0 amide bonds. The summed E-state index contributed by atoms with van der Waals surface area (Å²) in [5.74, 6) is -0.784. The van der Waals surface area contributed by atoms with E-state index in [1.54, 1.807) is 6.92 Å². The fraction of sp³-hybridized carbons (Fsp3) is 0.273. The largest absolute Gasteiger partial charge is 0.462 e. The molecular weight excluding hydrogens is 310 g/mol. The second kappa shape index (κ2) is 7.22. The maximum Gasteiger partial charge on any atom is 0.339 e. The zero-order valence-corrected chi connectivity index (χ0v) is 11.8. The maximum absolute atomic E-state index is 11.7. The van der Waals surface area contributed by atoms with Crippen LogP contribution in [0.5, 0.6) is 0 Å². The van der Waals surface area contributed by atoms with Crippen molar-refractivity contribution < 1.29 is 24.4 Å². The van der Waals surface area contributed by atoms with Crippen molar-refractivity contribution in [3.05, 3.63) is 33.9 Å². The van der Waals surface area contributed by atoms with E-state index < -0.39 is 21.6 Å². The van der Waals surface area contributed by atoms with E-state index in [4.69, 9.17) is 16.3 Å². The topological polar surface area (TPSA) is 107 Å². The highest BCUT2D eigenvalue weighted by Crippen LogP contribution is 2.30. The molecule has 1 unspecified atom stereocenters. The lowest BCUT2D eigenvalue weighted by atomic mass is 10.2. The number of halogens is 1. The molecule has 0 saturated carbocycles. The minimum Gasteiger partial charge on any atom is -0.462 e. The third kappa shape index (κ3) is 4.19. The molecular formula is C11H10ClNO6S. The molecule has 1 aromatic rings. The van der Waals surface area contributed by atoms with Gasteiger partial charge in [-0.05, 0) is 24.6 Å². The van der Waals surface area contributed by atoms with Gasteiger partial charge in [-0.3, -0.25) is 14.9 Å². The summed E-state index contributed by atoms with van der Waals surface area (Å²) in [5.41, 5.74) is -1.99. The molecule has 1 N–H and O–H groups in total. The average molecular weight is 320 g/mol. The van der Waals surface area contributed by atoms with Gasteiger partial charge < -0.3 is 9.84 Å². The van der Waals surface area contributed by atoms with Crippen LogP contribution in [0.3, 0.4) is 0 Å². The Kier molecular flexibility index (Phi) is 5.93. The first-order valence-corrected chi connectivity index (χ1v) is 6.62. The van der Waals surface area contributed by atoms with Gasteiger partial charge in [0.25, 0.3) is 10.9 Å². The summed E-state index contributed by atoms with van der Waals surface area (Å²) in [5, 5.41) is 19.1. The van der Waals surface area contributed by atoms with Crippen molar-refractivity contribution in [2.45, 2.75) is 17.3 Å². The van der Waals surface area contributed by atoms with Crippen LogP contribution >= 0.6 is 23.4 Å². The predicted molar refractivity (Wildman–Crippen MR) is 71.8 cm³/mol. The summed E-state index contributed by atoms with van der Waals surface area (Å²) >= 11 is 5.72. The first-order chi connectivity index (χ1) is 9.36. The van der Waals surface area contributed by atoms with Gasteiger partial charge in [0.05, 0.1) is 17.1 Å². The molecule has 0 spiro atoms. The second-order valence-corrected chi connectivity index (χ2v) is 4.93. The average Bonchev–Trinajstić information content (AvgIpc) is 2.38. The molecule has 9 heteroatoms. The Bertz CT molecular complexity index is 550. The van der Waals surface area contributed by atoms with Gasteiger partial charge in [0.15, 0.2) is 5.44 Å². The molecule has 0 aromatic heterocycles. The van der Waals surface area contributed by atoms with Gasteiger partial charge >= 0.3 is 5.97 Å². The molecule has 0 saturated heterocycles. The van der Waals surface area contributed by atoms with Crippen LogP contribution in [0.25, 0.3) is 0 Å². The predicted octanol–water partition coefficient (Wildman–Crippen LogP) is 1.95. The Morgan fingerprint density at radius 1 is 1.55 bits per heavy atom. The Morgan fingerprint density at radius 2 is 2.20 bits per heavy atom. The van der Waals surface area contributed by atoms with Crippen LogP contribution in [0.2, 0.25) is 0 Å². The van der Waals surface area contributed by atoms with Crippen LogP contribution in [0.1, 0.15) is 17.3 Å². The van der Waals surface area contributed by atoms with E-state index in [-0.39, 0.29) is 22.8 Å². The van der Waals surface area contributed by atoms with Crippen LogP contribution in [0.4, 0.5) is 5.69 Å². The number of aliphatic hydroxyl groups is 1. The van der Waals surface area contributed by atoms with Gasteiger partial charge in [-0.2, -0.15) is 0 Å². The summed E-state index contributed by atoms with van der Waals surface area (Å²) in [6.45, 7) is 1.67. The molecule has 1 aromatic carbocycles. The lowest BCUT2D eigenvalue weighted by Crippen LogP contribution is -2.12. The number of thioether (sulfide) groups is 1. The third-order valence-electron chi connectivity index (χ3n) is 2.10. The van der Waals surface area contributed by atoms with E-state index in [1.807, 2.05) is 0 Å². The highest BCUT2D eigenvalue weighted by atomic mass is 35.5. The van der Waals surface area contributed by atoms with E-state index in [9.17, 15) is 24.8 Å². The number of nitro groups is 1. The molecule has 0 aliphatic heterocycles. The van der Waals surface area contributed by atoms with Crippen molar-refractivity contribution in [3.63, 3.8) is 0 Å². The minimum atomic E-state index is -1.58. The quantitative estimate of drug-likeness (QED) is 0.213. The molecule has 108 valence electrons. The van der Waals surface area contributed by atoms with Crippen molar-refractivity contribution in [1.82, 2.24) is 0 Å². The standard InChI is InChI=1S/C11H10ClNO6S/c1-2-19-10(15)7-5-6(13(17)18)3-4-8(7)20-11(16)9(12)14/h3-5,11,16H,2H2,1H3. The van der Waals surface area contributed by atoms with E-state index in [1.165, 1.54) is 6.07 Å². The minimum absolute atomic E-state index is 0.0859. The molecule has 7 nitrogen and oxygen atoms in total. The summed E-state index contributed by atoms with van der Waals surface area (Å²) in [4.78, 5) is 32.7. The molecule has 0 fully saturated rings. The SMILES string of the molecule is CCOC(=O)c1cc([N+](=O)[O-])ccc1SC(O)C(=O)Cl. The van der Waals surface area contributed by atoms with Crippen LogP contribution in [-0.2, 0) is 9.53 Å². The van der Waals surface area contributed by atoms with Crippen molar-refractivity contribution in [3.8, 4) is 0 Å². The van der Waals surface area contributed by atoms with Gasteiger partial charge in [0.1, 0.15) is 0 Å². The second-order valence-electron chi connectivity index (χ2n) is 3.43. The monoisotopic (exact) mass is 319 g/mol. The zero-order chi connectivity index (χ0) is 15.3. The van der Waals surface area contributed by atoms with Gasteiger partial charge in [-0.15, -0.1) is 0 Å². The summed E-state index contributed by atoms with van der Waals surface area (Å²) in [6, 6.07) is 3.42. The number of carbonyl (C=O) groups excluding carboxylic acids is 2. The first-order valence-electron chi connectivity index (χ1n) is 5.36. The molecule has 1 atom stereocenters. The number of nitrogens with zero attached hydrogens (tertiary/aromatic N) is 1. The molecule has 0 bridgehead atoms. The number of hydrogen-bond acceptors (Lipinski definition) is 7. The van der Waals surface area contributed by atoms with Gasteiger partial charge in [0.2, 0.25) is 0 Å². The Balaban J connectivity index is 3.18. The summed E-state index contributed by atoms with van der Waals surface area (Å²) in [6.07, 6.45) is 0. The van der Waals surface area contributed by atoms with Crippen molar-refractivity contribution in [1.29, 1.82) is 0 Å². The van der Waals surface area contributed by atoms with Crippen LogP contribution < -0.4 is 0 Å². The number of esters is 1.